The Balaban J connectivity index is 3.28. The Morgan fingerprint density at radius 1 is 0.639 bits per heavy atom. The van der Waals surface area contributed by atoms with E-state index in [0.717, 1.165) is 0 Å². The summed E-state index contributed by atoms with van der Waals surface area (Å²) in [7, 11) is 0. The molecule has 0 aliphatic carbocycles. The van der Waals surface area contributed by atoms with Crippen molar-refractivity contribution in [1.82, 2.24) is 0 Å². The van der Waals surface area contributed by atoms with Gasteiger partial charge in [-0.25, -0.2) is 4.79 Å². The van der Waals surface area contributed by atoms with Crippen LogP contribution < -0.4 is 0 Å². The van der Waals surface area contributed by atoms with E-state index >= 15 is 0 Å². The summed E-state index contributed by atoms with van der Waals surface area (Å²) in [6.45, 7) is 9.72. The van der Waals surface area contributed by atoms with Gasteiger partial charge < -0.3 is 57.3 Å². The minimum atomic E-state index is -0.995. The lowest BCUT2D eigenvalue weighted by molar-refractivity contribution is -0.177. The molecule has 0 aromatic carbocycles. The van der Waals surface area contributed by atoms with Crippen LogP contribution in [0.25, 0.3) is 0 Å². The standard InChI is InChI=1S/C23H44O13/c1-3-34-22(36-19-17-27-5-4-24)20-33-15-14-31-11-10-29-7-6-28-8-9-30-12-13-32-16-18-35-21(2)23(25)26/h4,21-22H,3,5-20H2,1-2H3,(H,25,26). The van der Waals surface area contributed by atoms with Gasteiger partial charge in [0, 0.05) is 6.61 Å². The van der Waals surface area contributed by atoms with Gasteiger partial charge in [-0.1, -0.05) is 0 Å². The van der Waals surface area contributed by atoms with E-state index in [2.05, 4.69) is 0 Å². The topological polar surface area (TPSA) is 147 Å². The van der Waals surface area contributed by atoms with Gasteiger partial charge in [0.25, 0.3) is 0 Å². The monoisotopic (exact) mass is 528 g/mol. The molecule has 0 bridgehead atoms. The zero-order valence-corrected chi connectivity index (χ0v) is 21.6. The summed E-state index contributed by atoms with van der Waals surface area (Å²) in [6, 6.07) is 0. The lowest BCUT2D eigenvalue weighted by Crippen LogP contribution is -2.26. The highest BCUT2D eigenvalue weighted by atomic mass is 16.7. The molecule has 0 aromatic heterocycles. The second kappa shape index (κ2) is 28.3. The molecule has 0 aromatic rings. The van der Waals surface area contributed by atoms with Crippen molar-refractivity contribution in [2.24, 2.45) is 0 Å². The fourth-order valence-corrected chi connectivity index (χ4v) is 2.33. The number of carbonyl (C=O) groups is 2. The van der Waals surface area contributed by atoms with Crippen LogP contribution in [-0.4, -0.2) is 142 Å². The van der Waals surface area contributed by atoms with E-state index in [4.69, 9.17) is 52.5 Å². The van der Waals surface area contributed by atoms with Crippen LogP contribution in [0.2, 0.25) is 0 Å². The van der Waals surface area contributed by atoms with Crippen LogP contribution >= 0.6 is 0 Å². The van der Waals surface area contributed by atoms with E-state index in [-0.39, 0.29) is 19.8 Å². The van der Waals surface area contributed by atoms with Gasteiger partial charge in [0.15, 0.2) is 12.4 Å². The Labute approximate surface area is 213 Å². The van der Waals surface area contributed by atoms with Gasteiger partial charge in [-0.15, -0.1) is 0 Å². The van der Waals surface area contributed by atoms with Gasteiger partial charge in [0.2, 0.25) is 0 Å². The number of ether oxygens (including phenoxy) is 10. The van der Waals surface area contributed by atoms with Crippen molar-refractivity contribution >= 4 is 12.3 Å². The predicted octanol–water partition coefficient (Wildman–Crippen LogP) is 0.170. The molecule has 13 heteroatoms. The Kier molecular flexibility index (Phi) is 27.3. The summed E-state index contributed by atoms with van der Waals surface area (Å²) in [4.78, 5) is 20.7. The Morgan fingerprint density at radius 2 is 1.06 bits per heavy atom. The number of aldehydes is 1. The highest BCUT2D eigenvalue weighted by Gasteiger charge is 2.10. The van der Waals surface area contributed by atoms with Gasteiger partial charge in [0.05, 0.1) is 99.1 Å². The molecule has 0 spiro atoms. The SMILES string of the molecule is CCOC(COCCOCCOCCOCCOCCOCCOC(C)C(=O)O)OCCOCC=O. The molecule has 214 valence electrons. The number of carbonyl (C=O) groups excluding carboxylic acids is 1. The minimum Gasteiger partial charge on any atom is -0.479 e. The van der Waals surface area contributed by atoms with E-state index in [0.29, 0.717) is 98.8 Å². The maximum absolute atomic E-state index is 10.6. The first-order valence-electron chi connectivity index (χ1n) is 12.2. The first-order chi connectivity index (χ1) is 17.6. The molecule has 36 heavy (non-hydrogen) atoms. The molecular formula is C23H44O13. The molecule has 0 heterocycles. The predicted molar refractivity (Wildman–Crippen MR) is 126 cm³/mol. The first kappa shape index (κ1) is 34.7. The molecular weight excluding hydrogens is 484 g/mol. The zero-order chi connectivity index (χ0) is 26.5. The molecule has 0 saturated carbocycles. The molecule has 2 atom stereocenters. The van der Waals surface area contributed by atoms with Crippen LogP contribution in [0.5, 0.6) is 0 Å². The Morgan fingerprint density at radius 3 is 1.50 bits per heavy atom. The average Bonchev–Trinajstić information content (AvgIpc) is 2.87. The van der Waals surface area contributed by atoms with Crippen LogP contribution in [-0.2, 0) is 57.0 Å². The maximum Gasteiger partial charge on any atom is 0.332 e. The number of rotatable bonds is 30. The van der Waals surface area contributed by atoms with Crippen LogP contribution in [0.3, 0.4) is 0 Å². The van der Waals surface area contributed by atoms with Crippen molar-refractivity contribution in [3.63, 3.8) is 0 Å². The van der Waals surface area contributed by atoms with Crippen LogP contribution in [0, 0.1) is 0 Å². The van der Waals surface area contributed by atoms with E-state index in [1.165, 1.54) is 6.92 Å². The Hall–Kier alpha value is -1.26. The Bertz CT molecular complexity index is 481. The first-order valence-corrected chi connectivity index (χ1v) is 12.2. The van der Waals surface area contributed by atoms with Crippen molar-refractivity contribution in [2.45, 2.75) is 26.2 Å². The van der Waals surface area contributed by atoms with E-state index < -0.39 is 18.4 Å². The van der Waals surface area contributed by atoms with Crippen molar-refractivity contribution in [1.29, 1.82) is 0 Å². The molecule has 0 amide bonds. The van der Waals surface area contributed by atoms with Gasteiger partial charge in [-0.05, 0) is 13.8 Å². The molecule has 0 aliphatic heterocycles. The van der Waals surface area contributed by atoms with Crippen molar-refractivity contribution in [3.05, 3.63) is 0 Å². The number of aliphatic carboxylic acids is 1. The molecule has 0 radical (unpaired) electrons. The highest BCUT2D eigenvalue weighted by Crippen LogP contribution is 1.97. The maximum atomic E-state index is 10.6. The quantitative estimate of drug-likeness (QED) is 0.0768. The fourth-order valence-electron chi connectivity index (χ4n) is 2.33. The third-order valence-electron chi connectivity index (χ3n) is 4.13. The zero-order valence-electron chi connectivity index (χ0n) is 21.6. The lowest BCUT2D eigenvalue weighted by Gasteiger charge is -2.17. The van der Waals surface area contributed by atoms with E-state index in [1.54, 1.807) is 0 Å². The van der Waals surface area contributed by atoms with E-state index in [9.17, 15) is 9.59 Å². The van der Waals surface area contributed by atoms with E-state index in [1.807, 2.05) is 6.92 Å². The summed E-state index contributed by atoms with van der Waals surface area (Å²) in [6.07, 6.45) is -0.634. The molecule has 0 fully saturated rings. The molecule has 2 unspecified atom stereocenters. The van der Waals surface area contributed by atoms with Gasteiger partial charge in [-0.2, -0.15) is 0 Å². The molecule has 0 saturated heterocycles. The van der Waals surface area contributed by atoms with Crippen molar-refractivity contribution in [3.8, 4) is 0 Å². The van der Waals surface area contributed by atoms with Crippen LogP contribution in [0.4, 0.5) is 0 Å². The van der Waals surface area contributed by atoms with Gasteiger partial charge in [0.1, 0.15) is 12.9 Å². The normalized spacial score (nSPS) is 13.1. The third-order valence-corrected chi connectivity index (χ3v) is 4.13. The second-order valence-electron chi connectivity index (χ2n) is 6.99. The van der Waals surface area contributed by atoms with Crippen molar-refractivity contribution < 1.29 is 62.1 Å². The molecule has 1 N–H and O–H groups in total. The number of hydrogen-bond donors (Lipinski definition) is 1. The fraction of sp³-hybridized carbons (Fsp3) is 0.913. The minimum absolute atomic E-state index is 0.0524. The lowest BCUT2D eigenvalue weighted by atomic mass is 10.4. The summed E-state index contributed by atoms with van der Waals surface area (Å²) in [5.74, 6) is -0.995. The highest BCUT2D eigenvalue weighted by molar-refractivity contribution is 5.71. The van der Waals surface area contributed by atoms with Gasteiger partial charge in [-0.3, -0.25) is 0 Å². The van der Waals surface area contributed by atoms with Crippen LogP contribution in [0.15, 0.2) is 0 Å². The molecule has 0 aliphatic rings. The number of carboxylic acid groups (broad SMARTS) is 1. The van der Waals surface area contributed by atoms with Gasteiger partial charge >= 0.3 is 5.97 Å². The number of carboxylic acids is 1. The summed E-state index contributed by atoms with van der Waals surface area (Å²) in [5, 5.41) is 8.66. The van der Waals surface area contributed by atoms with Crippen LogP contribution in [0.1, 0.15) is 13.8 Å². The summed E-state index contributed by atoms with van der Waals surface area (Å²) in [5.41, 5.74) is 0. The number of hydrogen-bond acceptors (Lipinski definition) is 12. The summed E-state index contributed by atoms with van der Waals surface area (Å²) < 4.78 is 53.3. The second-order valence-corrected chi connectivity index (χ2v) is 6.99. The van der Waals surface area contributed by atoms with Crippen molar-refractivity contribution in [2.75, 3.05) is 112 Å². The average molecular weight is 529 g/mol. The summed E-state index contributed by atoms with van der Waals surface area (Å²) >= 11 is 0. The third kappa shape index (κ3) is 25.8. The molecule has 13 nitrogen and oxygen atoms in total. The largest absolute Gasteiger partial charge is 0.479 e. The smallest absolute Gasteiger partial charge is 0.332 e. The molecule has 0 rings (SSSR count).